The predicted molar refractivity (Wildman–Crippen MR) is 80.4 cm³/mol. The number of H-pyrrole nitrogens is 1. The molecule has 0 aliphatic carbocycles. The molecule has 0 aliphatic heterocycles. The Kier molecular flexibility index (Phi) is 3.17. The van der Waals surface area contributed by atoms with Gasteiger partial charge in [-0.25, -0.2) is 0 Å². The number of aromatic nitrogens is 1. The number of aromatic amines is 1. The molecule has 4 nitrogen and oxygen atoms in total. The highest BCUT2D eigenvalue weighted by atomic mass is 16.5. The van der Waals surface area contributed by atoms with E-state index in [0.717, 1.165) is 22.8 Å². The van der Waals surface area contributed by atoms with E-state index in [-0.39, 0.29) is 0 Å². The molecular weight excluding hydrogens is 264 g/mol. The van der Waals surface area contributed by atoms with Gasteiger partial charge in [-0.2, -0.15) is 5.26 Å². The highest BCUT2D eigenvalue weighted by molar-refractivity contribution is 6.05. The van der Waals surface area contributed by atoms with E-state index in [9.17, 15) is 4.79 Å². The van der Waals surface area contributed by atoms with Crippen LogP contribution in [-0.2, 0) is 0 Å². The third kappa shape index (κ3) is 2.05. The summed E-state index contributed by atoms with van der Waals surface area (Å²) in [5.74, 6) is 0.688. The molecule has 0 saturated heterocycles. The minimum atomic E-state index is 0.524. The Bertz CT molecular complexity index is 872. The van der Waals surface area contributed by atoms with Gasteiger partial charge < -0.3 is 9.72 Å². The van der Waals surface area contributed by atoms with Crippen LogP contribution in [0.5, 0.6) is 5.75 Å². The normalized spacial score (nSPS) is 10.3. The molecule has 0 saturated carbocycles. The van der Waals surface area contributed by atoms with Crippen molar-refractivity contribution in [2.45, 2.75) is 0 Å². The fourth-order valence-electron chi connectivity index (χ4n) is 2.47. The van der Waals surface area contributed by atoms with Crippen molar-refractivity contribution in [2.24, 2.45) is 0 Å². The lowest BCUT2D eigenvalue weighted by Gasteiger charge is -2.07. The fourth-order valence-corrected chi connectivity index (χ4v) is 2.47. The van der Waals surface area contributed by atoms with E-state index in [1.165, 1.54) is 0 Å². The summed E-state index contributed by atoms with van der Waals surface area (Å²) in [5, 5.41) is 9.74. The van der Waals surface area contributed by atoms with E-state index in [1.54, 1.807) is 25.3 Å². The van der Waals surface area contributed by atoms with Gasteiger partial charge in [0.25, 0.3) is 0 Å². The lowest BCUT2D eigenvalue weighted by Crippen LogP contribution is -1.90. The van der Waals surface area contributed by atoms with Gasteiger partial charge in [0.1, 0.15) is 5.75 Å². The summed E-state index contributed by atoms with van der Waals surface area (Å²) in [6, 6.07) is 14.8. The molecule has 2 aromatic carbocycles. The molecule has 0 bridgehead atoms. The van der Waals surface area contributed by atoms with Crippen molar-refractivity contribution < 1.29 is 9.53 Å². The smallest absolute Gasteiger partial charge is 0.152 e. The number of nitrogens with one attached hydrogen (secondary N) is 1. The molecule has 1 aromatic heterocycles. The van der Waals surface area contributed by atoms with Gasteiger partial charge >= 0.3 is 0 Å². The number of para-hydroxylation sites is 1. The van der Waals surface area contributed by atoms with E-state index in [4.69, 9.17) is 10.00 Å². The second-order valence-corrected chi connectivity index (χ2v) is 4.60. The average Bonchev–Trinajstić information content (AvgIpc) is 2.91. The largest absolute Gasteiger partial charge is 0.496 e. The van der Waals surface area contributed by atoms with Gasteiger partial charge in [-0.1, -0.05) is 12.1 Å². The monoisotopic (exact) mass is 276 g/mol. The Labute approximate surface area is 121 Å². The number of benzene rings is 2. The molecule has 0 amide bonds. The first-order valence-electron chi connectivity index (χ1n) is 6.43. The lowest BCUT2D eigenvalue weighted by molar-refractivity contribution is 0.112. The first-order chi connectivity index (χ1) is 10.3. The molecule has 0 unspecified atom stereocenters. The van der Waals surface area contributed by atoms with Gasteiger partial charge in [-0.3, -0.25) is 4.79 Å². The number of ether oxygens (including phenoxy) is 1. The maximum atomic E-state index is 11.5. The number of carbonyl (C=O) groups is 1. The van der Waals surface area contributed by atoms with Gasteiger partial charge in [0.2, 0.25) is 0 Å². The summed E-state index contributed by atoms with van der Waals surface area (Å²) >= 11 is 0. The first-order valence-corrected chi connectivity index (χ1v) is 6.43. The van der Waals surface area contributed by atoms with Crippen molar-refractivity contribution in [3.8, 4) is 23.1 Å². The lowest BCUT2D eigenvalue weighted by atomic mass is 10.0. The van der Waals surface area contributed by atoms with Crippen molar-refractivity contribution in [2.75, 3.05) is 7.11 Å². The summed E-state index contributed by atoms with van der Waals surface area (Å²) < 4.78 is 5.35. The first kappa shape index (κ1) is 12.9. The molecule has 0 spiro atoms. The van der Waals surface area contributed by atoms with Crippen LogP contribution < -0.4 is 4.74 Å². The van der Waals surface area contributed by atoms with E-state index in [1.807, 2.05) is 24.3 Å². The highest BCUT2D eigenvalue weighted by Gasteiger charge is 2.15. The van der Waals surface area contributed by atoms with Crippen molar-refractivity contribution in [1.82, 2.24) is 4.98 Å². The molecule has 1 N–H and O–H groups in total. The molecule has 1 heterocycles. The molecule has 3 rings (SSSR count). The summed E-state index contributed by atoms with van der Waals surface area (Å²) in [5.41, 5.74) is 3.39. The summed E-state index contributed by atoms with van der Waals surface area (Å²) in [6.45, 7) is 0. The van der Waals surface area contributed by atoms with Crippen molar-refractivity contribution in [3.05, 3.63) is 53.6 Å². The summed E-state index contributed by atoms with van der Waals surface area (Å²) in [4.78, 5) is 14.8. The standard InChI is InChI=1S/C17H12N2O2/c1-21-16-5-3-2-4-12(16)17-14(10-20)13-8-11(9-18)6-7-15(13)19-17/h2-8,10,19H,1H3. The number of nitrogens with zero attached hydrogens (tertiary/aromatic N) is 1. The number of rotatable bonds is 3. The van der Waals surface area contributed by atoms with Gasteiger partial charge in [0.15, 0.2) is 6.29 Å². The van der Waals surface area contributed by atoms with Crippen LogP contribution in [0.2, 0.25) is 0 Å². The number of hydrogen-bond donors (Lipinski definition) is 1. The van der Waals surface area contributed by atoms with Crippen LogP contribution in [0.4, 0.5) is 0 Å². The van der Waals surface area contributed by atoms with Crippen LogP contribution in [0.25, 0.3) is 22.2 Å². The number of hydrogen-bond acceptors (Lipinski definition) is 3. The Hall–Kier alpha value is -3.06. The molecule has 3 aromatic rings. The molecule has 0 aliphatic rings. The minimum Gasteiger partial charge on any atom is -0.496 e. The Morgan fingerprint density at radius 1 is 1.24 bits per heavy atom. The van der Waals surface area contributed by atoms with E-state index in [0.29, 0.717) is 22.6 Å². The SMILES string of the molecule is COc1ccccc1-c1[nH]c2ccc(C#N)cc2c1C=O. The van der Waals surface area contributed by atoms with Crippen LogP contribution in [0.15, 0.2) is 42.5 Å². The zero-order valence-corrected chi connectivity index (χ0v) is 11.4. The third-order valence-corrected chi connectivity index (χ3v) is 3.46. The van der Waals surface area contributed by atoms with Crippen LogP contribution >= 0.6 is 0 Å². The van der Waals surface area contributed by atoms with E-state index >= 15 is 0 Å². The van der Waals surface area contributed by atoms with Gasteiger partial charge in [-0.05, 0) is 30.3 Å². The van der Waals surface area contributed by atoms with Gasteiger partial charge in [0, 0.05) is 22.0 Å². The quantitative estimate of drug-likeness (QED) is 0.744. The van der Waals surface area contributed by atoms with Crippen LogP contribution in [0.1, 0.15) is 15.9 Å². The molecule has 21 heavy (non-hydrogen) atoms. The second kappa shape index (κ2) is 5.14. The molecule has 102 valence electrons. The van der Waals surface area contributed by atoms with Crippen LogP contribution in [0.3, 0.4) is 0 Å². The zero-order valence-electron chi connectivity index (χ0n) is 11.4. The molecule has 0 atom stereocenters. The number of methoxy groups -OCH3 is 1. The van der Waals surface area contributed by atoms with E-state index < -0.39 is 0 Å². The van der Waals surface area contributed by atoms with Crippen molar-refractivity contribution >= 4 is 17.2 Å². The zero-order chi connectivity index (χ0) is 14.8. The van der Waals surface area contributed by atoms with E-state index in [2.05, 4.69) is 11.1 Å². The Morgan fingerprint density at radius 3 is 2.76 bits per heavy atom. The fraction of sp³-hybridized carbons (Fsp3) is 0.0588. The maximum absolute atomic E-state index is 11.5. The Morgan fingerprint density at radius 2 is 2.05 bits per heavy atom. The predicted octanol–water partition coefficient (Wildman–Crippen LogP) is 3.53. The molecule has 0 fully saturated rings. The number of fused-ring (bicyclic) bond motifs is 1. The van der Waals surface area contributed by atoms with Gasteiger partial charge in [-0.15, -0.1) is 0 Å². The number of aldehydes is 1. The molecular formula is C17H12N2O2. The topological polar surface area (TPSA) is 65.9 Å². The minimum absolute atomic E-state index is 0.524. The highest BCUT2D eigenvalue weighted by Crippen LogP contribution is 2.34. The summed E-state index contributed by atoms with van der Waals surface area (Å²) in [7, 11) is 1.59. The molecule has 0 radical (unpaired) electrons. The van der Waals surface area contributed by atoms with Crippen LogP contribution in [-0.4, -0.2) is 18.4 Å². The van der Waals surface area contributed by atoms with Crippen molar-refractivity contribution in [1.29, 1.82) is 5.26 Å². The average molecular weight is 276 g/mol. The Balaban J connectivity index is 2.33. The third-order valence-electron chi connectivity index (χ3n) is 3.46. The second-order valence-electron chi connectivity index (χ2n) is 4.60. The molecule has 4 heteroatoms. The van der Waals surface area contributed by atoms with Crippen LogP contribution in [0, 0.1) is 11.3 Å². The number of nitriles is 1. The van der Waals surface area contributed by atoms with Crippen molar-refractivity contribution in [3.63, 3.8) is 0 Å². The summed E-state index contributed by atoms with van der Waals surface area (Å²) in [6.07, 6.45) is 0.807. The van der Waals surface area contributed by atoms with Gasteiger partial charge in [0.05, 0.1) is 24.4 Å². The number of carbonyl (C=O) groups excluding carboxylic acids is 1. The maximum Gasteiger partial charge on any atom is 0.152 e.